The summed E-state index contributed by atoms with van der Waals surface area (Å²) in [5.41, 5.74) is 0.692. The third-order valence-corrected chi connectivity index (χ3v) is 5.45. The SMILES string of the molecule is O[C@]1(c2ccc(F)cc2)CN(c2ccc(Br)cc2)C2=[N+]1CCCC2. The summed E-state index contributed by atoms with van der Waals surface area (Å²) >= 11 is 3.47. The van der Waals surface area contributed by atoms with Gasteiger partial charge in [0.05, 0.1) is 6.54 Å². The summed E-state index contributed by atoms with van der Waals surface area (Å²) in [6, 6.07) is 14.3. The fraction of sp³-hybridized carbons (Fsp3) is 0.316. The molecule has 0 bridgehead atoms. The molecule has 0 aliphatic carbocycles. The predicted octanol–water partition coefficient (Wildman–Crippen LogP) is 3.85. The first-order valence-electron chi connectivity index (χ1n) is 8.23. The van der Waals surface area contributed by atoms with Crippen LogP contribution in [-0.4, -0.2) is 28.6 Å². The van der Waals surface area contributed by atoms with Gasteiger partial charge in [-0.25, -0.2) is 13.9 Å². The molecule has 2 aliphatic heterocycles. The quantitative estimate of drug-likeness (QED) is 0.789. The number of nitrogens with zero attached hydrogens (tertiary/aromatic N) is 2. The summed E-state index contributed by atoms with van der Waals surface area (Å²) in [4.78, 5) is 2.19. The van der Waals surface area contributed by atoms with Crippen molar-refractivity contribution in [2.24, 2.45) is 0 Å². The molecule has 3 nitrogen and oxygen atoms in total. The van der Waals surface area contributed by atoms with Crippen LogP contribution >= 0.6 is 15.9 Å². The van der Waals surface area contributed by atoms with Crippen molar-refractivity contribution in [1.29, 1.82) is 0 Å². The lowest BCUT2D eigenvalue weighted by Crippen LogP contribution is -2.41. The highest BCUT2D eigenvalue weighted by molar-refractivity contribution is 9.10. The van der Waals surface area contributed by atoms with E-state index in [-0.39, 0.29) is 5.82 Å². The Morgan fingerprint density at radius 1 is 1.04 bits per heavy atom. The van der Waals surface area contributed by atoms with E-state index in [2.05, 4.69) is 37.5 Å². The summed E-state index contributed by atoms with van der Waals surface area (Å²) in [6.45, 7) is 1.27. The number of hydrogen-bond donors (Lipinski definition) is 1. The van der Waals surface area contributed by atoms with Crippen molar-refractivity contribution in [3.63, 3.8) is 0 Å². The second-order valence-corrected chi connectivity index (χ2v) is 7.33. The van der Waals surface area contributed by atoms with Gasteiger partial charge in [-0.2, -0.15) is 0 Å². The number of β-amino-alcohol motifs (C(OH)–C–C–N with tert-alkyl or cyclic N) is 1. The Balaban J connectivity index is 1.78. The van der Waals surface area contributed by atoms with Gasteiger partial charge in [0.25, 0.3) is 11.6 Å². The second kappa shape index (κ2) is 5.97. The molecule has 0 fully saturated rings. The normalized spacial score (nSPS) is 23.5. The van der Waals surface area contributed by atoms with Gasteiger partial charge in [0.1, 0.15) is 11.5 Å². The zero-order chi connectivity index (χ0) is 16.7. The van der Waals surface area contributed by atoms with Crippen LogP contribution in [0.15, 0.2) is 53.0 Å². The van der Waals surface area contributed by atoms with E-state index in [1.54, 1.807) is 12.1 Å². The molecular weight excluding hydrogens is 371 g/mol. The molecule has 0 amide bonds. The molecule has 0 saturated heterocycles. The Labute approximate surface area is 149 Å². The van der Waals surface area contributed by atoms with E-state index in [9.17, 15) is 9.50 Å². The highest BCUT2D eigenvalue weighted by Gasteiger charge is 2.52. The first-order chi connectivity index (χ1) is 11.6. The van der Waals surface area contributed by atoms with Gasteiger partial charge in [-0.3, -0.25) is 0 Å². The lowest BCUT2D eigenvalue weighted by atomic mass is 10.0. The van der Waals surface area contributed by atoms with Crippen molar-refractivity contribution in [3.8, 4) is 0 Å². The van der Waals surface area contributed by atoms with E-state index in [4.69, 9.17) is 0 Å². The number of aliphatic hydroxyl groups is 1. The highest BCUT2D eigenvalue weighted by Crippen LogP contribution is 2.36. The molecule has 0 radical (unpaired) electrons. The molecule has 124 valence electrons. The van der Waals surface area contributed by atoms with Crippen molar-refractivity contribution in [2.75, 3.05) is 18.0 Å². The number of hydrogen-bond acceptors (Lipinski definition) is 2. The third kappa shape index (κ3) is 2.56. The van der Waals surface area contributed by atoms with E-state index in [1.165, 1.54) is 12.1 Å². The fourth-order valence-corrected chi connectivity index (χ4v) is 3.98. The van der Waals surface area contributed by atoms with Crippen LogP contribution in [0.2, 0.25) is 0 Å². The lowest BCUT2D eigenvalue weighted by molar-refractivity contribution is -0.661. The summed E-state index contributed by atoms with van der Waals surface area (Å²) in [5.74, 6) is 0.864. The van der Waals surface area contributed by atoms with Gasteiger partial charge in [0.15, 0.2) is 6.54 Å². The van der Waals surface area contributed by atoms with Crippen LogP contribution in [0.1, 0.15) is 24.8 Å². The van der Waals surface area contributed by atoms with Gasteiger partial charge < -0.3 is 5.11 Å². The molecule has 0 saturated carbocycles. The Morgan fingerprint density at radius 2 is 1.75 bits per heavy atom. The number of rotatable bonds is 2. The van der Waals surface area contributed by atoms with E-state index in [1.807, 2.05) is 12.1 Å². The molecule has 2 aromatic rings. The third-order valence-electron chi connectivity index (χ3n) is 4.93. The molecule has 2 aromatic carbocycles. The summed E-state index contributed by atoms with van der Waals surface area (Å²) in [6.07, 6.45) is 3.12. The lowest BCUT2D eigenvalue weighted by Gasteiger charge is -2.24. The number of halogens is 2. The molecule has 4 rings (SSSR count). The van der Waals surface area contributed by atoms with Crippen molar-refractivity contribution in [2.45, 2.75) is 25.0 Å². The smallest absolute Gasteiger partial charge is 0.271 e. The monoisotopic (exact) mass is 389 g/mol. The first kappa shape index (κ1) is 15.8. The topological polar surface area (TPSA) is 26.5 Å². The van der Waals surface area contributed by atoms with E-state index < -0.39 is 5.72 Å². The molecule has 5 heteroatoms. The van der Waals surface area contributed by atoms with Gasteiger partial charge in [-0.15, -0.1) is 0 Å². The van der Waals surface area contributed by atoms with Crippen LogP contribution in [0.25, 0.3) is 0 Å². The minimum Gasteiger partial charge on any atom is -0.346 e. The van der Waals surface area contributed by atoms with Crippen molar-refractivity contribution >= 4 is 27.5 Å². The van der Waals surface area contributed by atoms with Crippen molar-refractivity contribution in [1.82, 2.24) is 0 Å². The van der Waals surface area contributed by atoms with Crippen LogP contribution in [0.4, 0.5) is 10.1 Å². The van der Waals surface area contributed by atoms with Gasteiger partial charge in [0, 0.05) is 16.5 Å². The van der Waals surface area contributed by atoms with Crippen molar-refractivity contribution < 1.29 is 14.1 Å². The average Bonchev–Trinajstić information content (AvgIpc) is 2.91. The maximum Gasteiger partial charge on any atom is 0.271 e. The van der Waals surface area contributed by atoms with Crippen LogP contribution in [0.5, 0.6) is 0 Å². The van der Waals surface area contributed by atoms with Crippen LogP contribution in [0, 0.1) is 5.82 Å². The van der Waals surface area contributed by atoms with Crippen LogP contribution in [0.3, 0.4) is 0 Å². The molecule has 1 atom stereocenters. The predicted molar refractivity (Wildman–Crippen MR) is 95.8 cm³/mol. The van der Waals surface area contributed by atoms with Crippen molar-refractivity contribution in [3.05, 3.63) is 64.4 Å². The zero-order valence-electron chi connectivity index (χ0n) is 13.3. The second-order valence-electron chi connectivity index (χ2n) is 6.41. The molecular formula is C19H19BrFN2O+. The van der Waals surface area contributed by atoms with Crippen LogP contribution < -0.4 is 4.90 Å². The zero-order valence-corrected chi connectivity index (χ0v) is 14.8. The summed E-state index contributed by atoms with van der Waals surface area (Å²) < 4.78 is 16.4. The Bertz CT molecular complexity index is 788. The number of anilines is 1. The molecule has 2 heterocycles. The Kier molecular flexibility index (Phi) is 3.93. The number of benzene rings is 2. The minimum atomic E-state index is -1.11. The fourth-order valence-electron chi connectivity index (χ4n) is 3.72. The van der Waals surface area contributed by atoms with Gasteiger partial charge >= 0.3 is 0 Å². The van der Waals surface area contributed by atoms with E-state index in [0.717, 1.165) is 47.4 Å². The summed E-state index contributed by atoms with van der Waals surface area (Å²) in [5, 5.41) is 11.5. The standard InChI is InChI=1S/C19H19BrFN2O/c20-15-6-10-17(11-7-15)22-13-19(24,14-4-8-16(21)9-5-14)23-12-2-1-3-18(22)23/h4-11,24H,1-3,12-13H2/q+1/t19-/m0/s1. The maximum absolute atomic E-state index is 13.3. The molecule has 0 spiro atoms. The van der Waals surface area contributed by atoms with Gasteiger partial charge in [0.2, 0.25) is 0 Å². The minimum absolute atomic E-state index is 0.284. The van der Waals surface area contributed by atoms with Crippen LogP contribution in [-0.2, 0) is 5.72 Å². The average molecular weight is 390 g/mol. The molecule has 1 N–H and O–H groups in total. The molecule has 24 heavy (non-hydrogen) atoms. The largest absolute Gasteiger partial charge is 0.346 e. The van der Waals surface area contributed by atoms with Gasteiger partial charge in [-0.1, -0.05) is 15.9 Å². The maximum atomic E-state index is 13.3. The van der Waals surface area contributed by atoms with E-state index >= 15 is 0 Å². The first-order valence-corrected chi connectivity index (χ1v) is 9.02. The van der Waals surface area contributed by atoms with Gasteiger partial charge in [-0.05, 0) is 61.4 Å². The van der Waals surface area contributed by atoms with E-state index in [0.29, 0.717) is 6.54 Å². The molecule has 2 aliphatic rings. The number of amidine groups is 1. The molecule has 0 unspecified atom stereocenters. The Morgan fingerprint density at radius 3 is 2.46 bits per heavy atom. The highest BCUT2D eigenvalue weighted by atomic mass is 79.9. The summed E-state index contributed by atoms with van der Waals surface area (Å²) in [7, 11) is 0. The Hall–Kier alpha value is -1.72. The molecule has 0 aromatic heterocycles.